The first-order valence-corrected chi connectivity index (χ1v) is 5.90. The standard InChI is InChI=1S/C9H10N6OS/c1-2-17-9-13-8(14-15-9)12-7(16)6-5-10-3-4-11-6/h3-5H,2H2,1H3,(H2,12,13,14,15,16). The Morgan fingerprint density at radius 1 is 1.53 bits per heavy atom. The van der Waals surface area contributed by atoms with Crippen LogP contribution in [0.2, 0.25) is 0 Å². The normalized spacial score (nSPS) is 10.2. The van der Waals surface area contributed by atoms with Crippen molar-refractivity contribution in [1.82, 2.24) is 25.1 Å². The van der Waals surface area contributed by atoms with E-state index in [1.807, 2.05) is 6.92 Å². The van der Waals surface area contributed by atoms with Crippen molar-refractivity contribution in [1.29, 1.82) is 0 Å². The van der Waals surface area contributed by atoms with E-state index in [4.69, 9.17) is 0 Å². The van der Waals surface area contributed by atoms with E-state index in [9.17, 15) is 4.79 Å². The minimum atomic E-state index is -0.373. The van der Waals surface area contributed by atoms with Gasteiger partial charge < -0.3 is 0 Å². The topological polar surface area (TPSA) is 96.5 Å². The molecule has 2 heterocycles. The number of aromatic amines is 1. The SMILES string of the molecule is CCSc1n[nH]c(NC(=O)c2cnccn2)n1. The van der Waals surface area contributed by atoms with E-state index in [1.54, 1.807) is 0 Å². The van der Waals surface area contributed by atoms with E-state index < -0.39 is 0 Å². The lowest BCUT2D eigenvalue weighted by Crippen LogP contribution is -2.14. The van der Waals surface area contributed by atoms with Crippen LogP contribution in [0, 0.1) is 0 Å². The summed E-state index contributed by atoms with van der Waals surface area (Å²) in [6.07, 6.45) is 4.34. The second-order valence-electron chi connectivity index (χ2n) is 2.94. The molecule has 2 N–H and O–H groups in total. The molecule has 17 heavy (non-hydrogen) atoms. The van der Waals surface area contributed by atoms with Crippen LogP contribution in [0.15, 0.2) is 23.7 Å². The monoisotopic (exact) mass is 250 g/mol. The summed E-state index contributed by atoms with van der Waals surface area (Å²) in [5.41, 5.74) is 0.230. The van der Waals surface area contributed by atoms with Crippen molar-refractivity contribution in [2.24, 2.45) is 0 Å². The predicted molar refractivity (Wildman–Crippen MR) is 62.8 cm³/mol. The predicted octanol–water partition coefficient (Wildman–Crippen LogP) is 0.959. The summed E-state index contributed by atoms with van der Waals surface area (Å²) < 4.78 is 0. The first-order valence-electron chi connectivity index (χ1n) is 4.92. The zero-order valence-electron chi connectivity index (χ0n) is 9.04. The zero-order chi connectivity index (χ0) is 12.1. The van der Waals surface area contributed by atoms with Crippen LogP contribution >= 0.6 is 11.8 Å². The van der Waals surface area contributed by atoms with E-state index in [0.717, 1.165) is 5.75 Å². The largest absolute Gasteiger partial charge is 0.289 e. The number of amides is 1. The molecule has 0 aliphatic carbocycles. The number of H-pyrrole nitrogens is 1. The Kier molecular flexibility index (Phi) is 3.66. The summed E-state index contributed by atoms with van der Waals surface area (Å²) in [5.74, 6) is 0.800. The molecule has 7 nitrogen and oxygen atoms in total. The Balaban J connectivity index is 2.03. The molecule has 0 aromatic carbocycles. The highest BCUT2D eigenvalue weighted by atomic mass is 32.2. The molecule has 0 unspecified atom stereocenters. The maximum Gasteiger partial charge on any atom is 0.278 e. The van der Waals surface area contributed by atoms with Crippen LogP contribution < -0.4 is 5.32 Å². The number of hydrogen-bond acceptors (Lipinski definition) is 6. The Morgan fingerprint density at radius 2 is 2.41 bits per heavy atom. The lowest BCUT2D eigenvalue weighted by atomic mass is 10.4. The van der Waals surface area contributed by atoms with E-state index >= 15 is 0 Å². The van der Waals surface area contributed by atoms with Crippen LogP contribution in [0.5, 0.6) is 0 Å². The zero-order valence-corrected chi connectivity index (χ0v) is 9.86. The Hall–Kier alpha value is -1.96. The molecule has 0 saturated carbocycles. The van der Waals surface area contributed by atoms with Crippen molar-refractivity contribution in [3.8, 4) is 0 Å². The molecule has 1 amide bonds. The molecule has 0 atom stereocenters. The van der Waals surface area contributed by atoms with Crippen LogP contribution in [0.3, 0.4) is 0 Å². The smallest absolute Gasteiger partial charge is 0.278 e. The molecule has 0 aliphatic rings. The van der Waals surface area contributed by atoms with Crippen LogP contribution in [0.25, 0.3) is 0 Å². The van der Waals surface area contributed by atoms with Crippen LogP contribution in [0.1, 0.15) is 17.4 Å². The van der Waals surface area contributed by atoms with Gasteiger partial charge in [-0.15, -0.1) is 5.10 Å². The highest BCUT2D eigenvalue weighted by molar-refractivity contribution is 7.99. The number of nitrogens with zero attached hydrogens (tertiary/aromatic N) is 4. The maximum absolute atomic E-state index is 11.7. The summed E-state index contributed by atoms with van der Waals surface area (Å²) in [6, 6.07) is 0. The lowest BCUT2D eigenvalue weighted by Gasteiger charge is -1.98. The first kappa shape index (κ1) is 11.5. The second kappa shape index (κ2) is 5.39. The summed E-state index contributed by atoms with van der Waals surface area (Å²) in [4.78, 5) is 23.4. The van der Waals surface area contributed by atoms with Crippen molar-refractivity contribution in [3.63, 3.8) is 0 Å². The van der Waals surface area contributed by atoms with E-state index in [1.165, 1.54) is 30.4 Å². The molecule has 2 rings (SSSR count). The van der Waals surface area contributed by atoms with Gasteiger partial charge in [-0.1, -0.05) is 18.7 Å². The van der Waals surface area contributed by atoms with Crippen molar-refractivity contribution in [2.75, 3.05) is 11.1 Å². The van der Waals surface area contributed by atoms with Crippen molar-refractivity contribution in [2.45, 2.75) is 12.1 Å². The summed E-state index contributed by atoms with van der Waals surface area (Å²) in [7, 11) is 0. The van der Waals surface area contributed by atoms with Gasteiger partial charge in [0.15, 0.2) is 0 Å². The van der Waals surface area contributed by atoms with Gasteiger partial charge >= 0.3 is 0 Å². The third kappa shape index (κ3) is 3.00. The Morgan fingerprint density at radius 3 is 3.12 bits per heavy atom. The average molecular weight is 250 g/mol. The van der Waals surface area contributed by atoms with Gasteiger partial charge in [0, 0.05) is 12.4 Å². The van der Waals surface area contributed by atoms with Crippen molar-refractivity contribution < 1.29 is 4.79 Å². The Labute approximate surface area is 101 Å². The van der Waals surface area contributed by atoms with Gasteiger partial charge in [0.05, 0.1) is 6.20 Å². The Bertz CT molecular complexity index is 499. The van der Waals surface area contributed by atoms with Gasteiger partial charge in [-0.25, -0.2) is 10.1 Å². The van der Waals surface area contributed by atoms with Gasteiger partial charge in [0.2, 0.25) is 11.1 Å². The van der Waals surface area contributed by atoms with Crippen LogP contribution in [-0.2, 0) is 0 Å². The molecule has 0 spiro atoms. The number of carbonyl (C=O) groups excluding carboxylic acids is 1. The van der Waals surface area contributed by atoms with E-state index in [0.29, 0.717) is 11.1 Å². The third-order valence-electron chi connectivity index (χ3n) is 1.77. The van der Waals surface area contributed by atoms with Gasteiger partial charge in [0.1, 0.15) is 5.69 Å². The van der Waals surface area contributed by atoms with Crippen LogP contribution in [0.4, 0.5) is 5.95 Å². The molecular weight excluding hydrogens is 240 g/mol. The molecule has 0 radical (unpaired) electrons. The van der Waals surface area contributed by atoms with Gasteiger partial charge in [0.25, 0.3) is 5.91 Å². The van der Waals surface area contributed by atoms with Gasteiger partial charge in [-0.3, -0.25) is 15.1 Å². The molecule has 0 aliphatic heterocycles. The minimum Gasteiger partial charge on any atom is -0.289 e. The molecule has 8 heteroatoms. The number of nitrogens with one attached hydrogen (secondary N) is 2. The fourth-order valence-electron chi connectivity index (χ4n) is 1.08. The van der Waals surface area contributed by atoms with Crippen molar-refractivity contribution >= 4 is 23.6 Å². The third-order valence-corrected chi connectivity index (χ3v) is 2.50. The maximum atomic E-state index is 11.7. The average Bonchev–Trinajstić information content (AvgIpc) is 2.78. The van der Waals surface area contributed by atoms with Gasteiger partial charge in [-0.05, 0) is 5.75 Å². The van der Waals surface area contributed by atoms with Crippen molar-refractivity contribution in [3.05, 3.63) is 24.3 Å². The number of rotatable bonds is 4. The molecule has 0 bridgehead atoms. The van der Waals surface area contributed by atoms with Gasteiger partial charge in [-0.2, -0.15) is 4.98 Å². The van der Waals surface area contributed by atoms with Crippen LogP contribution in [-0.4, -0.2) is 36.8 Å². The number of hydrogen-bond donors (Lipinski definition) is 2. The molecule has 2 aromatic heterocycles. The number of aromatic nitrogens is 5. The summed E-state index contributed by atoms with van der Waals surface area (Å²) >= 11 is 1.49. The second-order valence-corrected chi connectivity index (χ2v) is 4.18. The lowest BCUT2D eigenvalue weighted by molar-refractivity contribution is 0.102. The highest BCUT2D eigenvalue weighted by Crippen LogP contribution is 2.13. The molecule has 2 aromatic rings. The first-order chi connectivity index (χ1) is 8.29. The molecule has 0 fully saturated rings. The summed E-state index contributed by atoms with van der Waals surface area (Å²) in [5, 5.41) is 9.71. The summed E-state index contributed by atoms with van der Waals surface area (Å²) in [6.45, 7) is 2.00. The highest BCUT2D eigenvalue weighted by Gasteiger charge is 2.10. The number of carbonyl (C=O) groups is 1. The fourth-order valence-corrected chi connectivity index (χ4v) is 1.61. The number of thioether (sulfide) groups is 1. The molecule has 88 valence electrons. The number of anilines is 1. The van der Waals surface area contributed by atoms with E-state index in [-0.39, 0.29) is 11.6 Å². The molecule has 0 saturated heterocycles. The minimum absolute atomic E-state index is 0.230. The van der Waals surface area contributed by atoms with E-state index in [2.05, 4.69) is 30.5 Å². The quantitative estimate of drug-likeness (QED) is 0.784. The fraction of sp³-hybridized carbons (Fsp3) is 0.222. The molecular formula is C9H10N6OS.